The Kier molecular flexibility index (Phi) is 36.9. The van der Waals surface area contributed by atoms with Crippen LogP contribution in [0.5, 0.6) is 0 Å². The molecular weight excluding hydrogens is 612 g/mol. The van der Waals surface area contributed by atoms with Crippen LogP contribution in [0, 0.1) is 0 Å². The number of allylic oxidation sites excluding steroid dienone is 7. The van der Waals surface area contributed by atoms with Crippen LogP contribution in [0.25, 0.3) is 0 Å². The summed E-state index contributed by atoms with van der Waals surface area (Å²) >= 11 is 0. The zero-order valence-electron chi connectivity index (χ0n) is 31.8. The van der Waals surface area contributed by atoms with Gasteiger partial charge in [-0.2, -0.15) is 0 Å². The number of aliphatic hydroxyl groups is 2. The van der Waals surface area contributed by atoms with Crippen molar-refractivity contribution in [3.8, 4) is 0 Å². The van der Waals surface area contributed by atoms with Gasteiger partial charge in [-0.25, -0.2) is 0 Å². The van der Waals surface area contributed by atoms with E-state index in [0.29, 0.717) is 19.3 Å². The maximum absolute atomic E-state index is 12.0. The first-order chi connectivity index (χ1) is 24.0. The lowest BCUT2D eigenvalue weighted by molar-refractivity contribution is -0.152. The van der Waals surface area contributed by atoms with E-state index in [-0.39, 0.29) is 31.3 Å². The fourth-order valence-electron chi connectivity index (χ4n) is 5.56. The molecule has 0 aromatic heterocycles. The number of esters is 2. The molecule has 0 radical (unpaired) electrons. The zero-order valence-corrected chi connectivity index (χ0v) is 31.8. The second-order valence-corrected chi connectivity index (χ2v) is 13.6. The molecule has 0 bridgehead atoms. The molecule has 0 aromatic carbocycles. The van der Waals surface area contributed by atoms with E-state index in [1.54, 1.807) is 0 Å². The fraction of sp³-hybridized carbons (Fsp3) is 0.767. The molecule has 0 rings (SSSR count). The second kappa shape index (κ2) is 38.6. The summed E-state index contributed by atoms with van der Waals surface area (Å²) in [6.07, 6.45) is 45.2. The number of aliphatic hydroxyl groups excluding tert-OH is 2. The van der Waals surface area contributed by atoms with E-state index in [0.717, 1.165) is 64.2 Å². The lowest BCUT2D eigenvalue weighted by Crippen LogP contribution is -2.25. The second-order valence-electron chi connectivity index (χ2n) is 13.6. The molecule has 6 heteroatoms. The third-order valence-electron chi connectivity index (χ3n) is 8.62. The van der Waals surface area contributed by atoms with Gasteiger partial charge in [0.1, 0.15) is 19.3 Å². The molecule has 6 nitrogen and oxygen atoms in total. The Balaban J connectivity index is 3.53. The number of hydrogen-bond acceptors (Lipinski definition) is 6. The van der Waals surface area contributed by atoms with Crippen molar-refractivity contribution in [3.63, 3.8) is 0 Å². The van der Waals surface area contributed by atoms with Crippen molar-refractivity contribution >= 4 is 11.9 Å². The molecule has 2 N–H and O–H groups in total. The third kappa shape index (κ3) is 38.5. The maximum Gasteiger partial charge on any atom is 0.305 e. The highest BCUT2D eigenvalue weighted by atomic mass is 16.6. The van der Waals surface area contributed by atoms with Gasteiger partial charge in [-0.05, 0) is 51.4 Å². The molecule has 49 heavy (non-hydrogen) atoms. The first-order valence-corrected chi connectivity index (χ1v) is 20.3. The summed E-state index contributed by atoms with van der Waals surface area (Å²) in [5.74, 6) is -0.645. The Hall–Kier alpha value is -2.18. The van der Waals surface area contributed by atoms with Gasteiger partial charge in [-0.15, -0.1) is 0 Å². The van der Waals surface area contributed by atoms with Crippen LogP contribution in [-0.4, -0.2) is 47.6 Å². The average molecular weight is 689 g/mol. The molecule has 0 heterocycles. The van der Waals surface area contributed by atoms with Crippen LogP contribution in [0.2, 0.25) is 0 Å². The minimum atomic E-state index is -0.994. The van der Waals surface area contributed by atoms with Gasteiger partial charge in [0.05, 0.1) is 6.10 Å². The van der Waals surface area contributed by atoms with E-state index in [1.807, 2.05) is 0 Å². The first kappa shape index (κ1) is 46.8. The average Bonchev–Trinajstić information content (AvgIpc) is 3.09. The zero-order chi connectivity index (χ0) is 35.9. The van der Waals surface area contributed by atoms with Crippen LogP contribution >= 0.6 is 0 Å². The van der Waals surface area contributed by atoms with Crippen molar-refractivity contribution in [2.24, 2.45) is 0 Å². The Morgan fingerprint density at radius 1 is 0.469 bits per heavy atom. The lowest BCUT2D eigenvalue weighted by Gasteiger charge is -2.12. The van der Waals surface area contributed by atoms with Gasteiger partial charge >= 0.3 is 11.9 Å². The Bertz CT molecular complexity index is 845. The van der Waals surface area contributed by atoms with Gasteiger partial charge in [0.25, 0.3) is 0 Å². The predicted molar refractivity (Wildman–Crippen MR) is 206 cm³/mol. The number of carbonyl (C=O) groups excluding carboxylic acids is 2. The SMILES string of the molecule is CCCCCCCCCCCCCCCCCCCC(=O)OC[C@@H](O)COC(=O)CCC/C=C\C/C=C\C/C=C\C/C=C\CC(O)CCC. The highest BCUT2D eigenvalue weighted by Gasteiger charge is 2.12. The number of unbranched alkanes of at least 4 members (excludes halogenated alkanes) is 17. The van der Waals surface area contributed by atoms with Crippen LogP contribution in [-0.2, 0) is 19.1 Å². The smallest absolute Gasteiger partial charge is 0.305 e. The summed E-state index contributed by atoms with van der Waals surface area (Å²) in [6, 6.07) is 0. The Morgan fingerprint density at radius 2 is 0.857 bits per heavy atom. The molecule has 0 aliphatic rings. The van der Waals surface area contributed by atoms with Gasteiger partial charge in [-0.1, -0.05) is 172 Å². The number of ether oxygens (including phenoxy) is 2. The van der Waals surface area contributed by atoms with Crippen LogP contribution < -0.4 is 0 Å². The Labute approximate surface area is 301 Å². The quantitative estimate of drug-likeness (QED) is 0.0387. The molecule has 0 aliphatic carbocycles. The number of rotatable bonds is 36. The molecule has 0 spiro atoms. The van der Waals surface area contributed by atoms with Crippen molar-refractivity contribution in [3.05, 3.63) is 48.6 Å². The summed E-state index contributed by atoms with van der Waals surface area (Å²) in [5, 5.41) is 19.7. The van der Waals surface area contributed by atoms with Crippen molar-refractivity contribution in [1.82, 2.24) is 0 Å². The van der Waals surface area contributed by atoms with Gasteiger partial charge in [0.2, 0.25) is 0 Å². The molecule has 0 aliphatic heterocycles. The maximum atomic E-state index is 12.0. The first-order valence-electron chi connectivity index (χ1n) is 20.3. The fourth-order valence-corrected chi connectivity index (χ4v) is 5.56. The largest absolute Gasteiger partial charge is 0.463 e. The standard InChI is InChI=1S/C43H76O6/c1-3-5-6-7-8-9-10-11-12-13-14-17-20-23-26-29-32-36-42(46)48-38-41(45)39-49-43(47)37-33-30-27-24-21-18-15-16-19-22-25-28-31-35-40(44)34-4-2/h15,18-19,22,24,27-28,31,40-41,44-45H,3-14,16-17,20-21,23,25-26,29-30,32-39H2,1-2H3/b18-15-,22-19-,27-24-,31-28-/t40?,41-/m1/s1. The predicted octanol–water partition coefficient (Wildman–Crippen LogP) is 11.6. The monoisotopic (exact) mass is 689 g/mol. The molecule has 2 atom stereocenters. The lowest BCUT2D eigenvalue weighted by atomic mass is 10.0. The molecule has 0 fully saturated rings. The summed E-state index contributed by atoms with van der Waals surface area (Å²) < 4.78 is 10.3. The molecule has 284 valence electrons. The molecule has 0 amide bonds. The highest BCUT2D eigenvalue weighted by molar-refractivity contribution is 5.69. The van der Waals surface area contributed by atoms with Crippen molar-refractivity contribution in [2.45, 2.75) is 199 Å². The van der Waals surface area contributed by atoms with Gasteiger partial charge in [0.15, 0.2) is 0 Å². The minimum Gasteiger partial charge on any atom is -0.463 e. The summed E-state index contributed by atoms with van der Waals surface area (Å²) in [5.41, 5.74) is 0. The van der Waals surface area contributed by atoms with Crippen LogP contribution in [0.1, 0.15) is 187 Å². The summed E-state index contributed by atoms with van der Waals surface area (Å²) in [4.78, 5) is 23.9. The minimum absolute atomic E-state index is 0.141. The normalized spacial score (nSPS) is 13.3. The van der Waals surface area contributed by atoms with Gasteiger partial charge in [0, 0.05) is 12.8 Å². The van der Waals surface area contributed by atoms with Crippen LogP contribution in [0.4, 0.5) is 0 Å². The third-order valence-corrected chi connectivity index (χ3v) is 8.62. The van der Waals surface area contributed by atoms with E-state index in [1.165, 1.54) is 89.9 Å². The van der Waals surface area contributed by atoms with Crippen molar-refractivity contribution < 1.29 is 29.3 Å². The molecule has 1 unspecified atom stereocenters. The molecule has 0 aromatic rings. The molecular formula is C43H76O6. The molecule has 0 saturated heterocycles. The Morgan fingerprint density at radius 3 is 1.31 bits per heavy atom. The van der Waals surface area contributed by atoms with E-state index in [2.05, 4.69) is 62.5 Å². The van der Waals surface area contributed by atoms with Gasteiger partial charge < -0.3 is 19.7 Å². The van der Waals surface area contributed by atoms with E-state index < -0.39 is 6.10 Å². The van der Waals surface area contributed by atoms with Crippen molar-refractivity contribution in [1.29, 1.82) is 0 Å². The molecule has 0 saturated carbocycles. The van der Waals surface area contributed by atoms with E-state index in [9.17, 15) is 19.8 Å². The van der Waals surface area contributed by atoms with Crippen LogP contribution in [0.15, 0.2) is 48.6 Å². The van der Waals surface area contributed by atoms with Gasteiger partial charge in [-0.3, -0.25) is 9.59 Å². The topological polar surface area (TPSA) is 93.1 Å². The summed E-state index contributed by atoms with van der Waals surface area (Å²) in [7, 11) is 0. The van der Waals surface area contributed by atoms with E-state index >= 15 is 0 Å². The van der Waals surface area contributed by atoms with Crippen molar-refractivity contribution in [2.75, 3.05) is 13.2 Å². The number of hydrogen-bond donors (Lipinski definition) is 2. The number of carbonyl (C=O) groups is 2. The van der Waals surface area contributed by atoms with Crippen LogP contribution in [0.3, 0.4) is 0 Å². The van der Waals surface area contributed by atoms with E-state index in [4.69, 9.17) is 9.47 Å². The summed E-state index contributed by atoms with van der Waals surface area (Å²) in [6.45, 7) is 4.06. The highest BCUT2D eigenvalue weighted by Crippen LogP contribution is 2.14.